The number of hydrogen-bond acceptors (Lipinski definition) is 4. The van der Waals surface area contributed by atoms with Crippen LogP contribution in [0.4, 0.5) is 0 Å². The smallest absolute Gasteiger partial charge is 0.169 e. The Morgan fingerprint density at radius 2 is 1.56 bits per heavy atom. The van der Waals surface area contributed by atoms with Gasteiger partial charge in [-0.1, -0.05) is 48.5 Å². The van der Waals surface area contributed by atoms with Gasteiger partial charge in [-0.25, -0.2) is 0 Å². The molecular formula is C21H24N2OS. The largest absolute Gasteiger partial charge is 0.300 e. The Kier molecular flexibility index (Phi) is 5.20. The van der Waals surface area contributed by atoms with Crippen LogP contribution in [0.15, 0.2) is 59.5 Å². The highest BCUT2D eigenvalue weighted by molar-refractivity contribution is 7.99. The molecule has 4 heteroatoms. The third-order valence-electron chi connectivity index (χ3n) is 5.16. The molecule has 2 aromatic carbocycles. The molecule has 130 valence electrons. The summed E-state index contributed by atoms with van der Waals surface area (Å²) in [7, 11) is 0. The Morgan fingerprint density at radius 1 is 0.880 bits per heavy atom. The van der Waals surface area contributed by atoms with E-state index >= 15 is 0 Å². The summed E-state index contributed by atoms with van der Waals surface area (Å²) in [5.74, 6) is 1.39. The molecule has 1 fully saturated rings. The molecule has 2 aliphatic rings. The highest BCUT2D eigenvalue weighted by Gasteiger charge is 2.30. The minimum atomic E-state index is 0.139. The normalized spacial score (nSPS) is 21.9. The van der Waals surface area contributed by atoms with Crippen molar-refractivity contribution < 1.29 is 4.79 Å². The van der Waals surface area contributed by atoms with E-state index in [2.05, 4.69) is 46.2 Å². The number of ketones is 1. The number of nitrogens with zero attached hydrogens (tertiary/aromatic N) is 2. The molecule has 2 aliphatic heterocycles. The first-order valence-corrected chi connectivity index (χ1v) is 10.0. The van der Waals surface area contributed by atoms with E-state index in [1.807, 2.05) is 30.0 Å². The van der Waals surface area contributed by atoms with Crippen molar-refractivity contribution in [2.45, 2.75) is 11.4 Å². The molecular weight excluding hydrogens is 328 g/mol. The van der Waals surface area contributed by atoms with Crippen LogP contribution < -0.4 is 0 Å². The van der Waals surface area contributed by atoms with Crippen LogP contribution in [-0.2, 0) is 6.54 Å². The van der Waals surface area contributed by atoms with Gasteiger partial charge >= 0.3 is 0 Å². The fourth-order valence-electron chi connectivity index (χ4n) is 3.70. The second kappa shape index (κ2) is 7.73. The second-order valence-electron chi connectivity index (χ2n) is 6.93. The molecule has 2 aromatic rings. The molecule has 1 atom stereocenters. The topological polar surface area (TPSA) is 23.6 Å². The maximum absolute atomic E-state index is 12.7. The van der Waals surface area contributed by atoms with Crippen LogP contribution in [0.1, 0.15) is 15.9 Å². The summed E-state index contributed by atoms with van der Waals surface area (Å²) in [4.78, 5) is 18.9. The molecule has 0 bridgehead atoms. The van der Waals surface area contributed by atoms with Gasteiger partial charge in [0.05, 0.1) is 0 Å². The van der Waals surface area contributed by atoms with E-state index < -0.39 is 0 Å². The van der Waals surface area contributed by atoms with Crippen molar-refractivity contribution in [1.29, 1.82) is 0 Å². The number of benzene rings is 2. The summed E-state index contributed by atoms with van der Waals surface area (Å²) < 4.78 is 0. The number of piperazine rings is 1. The van der Waals surface area contributed by atoms with Crippen molar-refractivity contribution in [1.82, 2.24) is 9.80 Å². The molecule has 3 nitrogen and oxygen atoms in total. The standard InChI is InChI=1S/C21H24N2OS/c24-21-18(16-25-20-9-5-4-8-19(20)21)15-23-12-10-22(11-13-23)14-17-6-2-1-3-7-17/h1-9,18H,10-16H2. The molecule has 4 rings (SSSR count). The van der Waals surface area contributed by atoms with E-state index in [0.717, 1.165) is 55.5 Å². The minimum absolute atomic E-state index is 0.139. The Balaban J connectivity index is 1.30. The first-order valence-electron chi connectivity index (χ1n) is 9.04. The van der Waals surface area contributed by atoms with Gasteiger partial charge in [0.15, 0.2) is 5.78 Å². The van der Waals surface area contributed by atoms with E-state index in [4.69, 9.17) is 0 Å². The lowest BCUT2D eigenvalue weighted by Gasteiger charge is -2.37. The van der Waals surface area contributed by atoms with Crippen LogP contribution in [-0.4, -0.2) is 54.1 Å². The molecule has 0 saturated carbocycles. The van der Waals surface area contributed by atoms with Gasteiger partial charge in [-0.2, -0.15) is 0 Å². The third-order valence-corrected chi connectivity index (χ3v) is 6.39. The van der Waals surface area contributed by atoms with Gasteiger partial charge in [0, 0.05) is 61.4 Å². The molecule has 1 unspecified atom stereocenters. The molecule has 0 aromatic heterocycles. The monoisotopic (exact) mass is 352 g/mol. The summed E-state index contributed by atoms with van der Waals surface area (Å²) >= 11 is 1.83. The lowest BCUT2D eigenvalue weighted by molar-refractivity contribution is 0.0825. The van der Waals surface area contributed by atoms with Gasteiger partial charge in [-0.05, 0) is 11.6 Å². The van der Waals surface area contributed by atoms with Gasteiger partial charge in [0.2, 0.25) is 0 Å². The summed E-state index contributed by atoms with van der Waals surface area (Å²) in [6.45, 7) is 6.21. The van der Waals surface area contributed by atoms with Crippen LogP contribution in [0, 0.1) is 5.92 Å². The molecule has 0 aliphatic carbocycles. The van der Waals surface area contributed by atoms with Gasteiger partial charge in [0.25, 0.3) is 0 Å². The number of rotatable bonds is 4. The van der Waals surface area contributed by atoms with Crippen molar-refractivity contribution in [2.24, 2.45) is 5.92 Å². The molecule has 25 heavy (non-hydrogen) atoms. The third kappa shape index (κ3) is 3.97. The van der Waals surface area contributed by atoms with Crippen molar-refractivity contribution in [3.8, 4) is 0 Å². The molecule has 0 radical (unpaired) electrons. The van der Waals surface area contributed by atoms with E-state index in [-0.39, 0.29) is 5.92 Å². The van der Waals surface area contributed by atoms with Gasteiger partial charge in [-0.3, -0.25) is 9.69 Å². The van der Waals surface area contributed by atoms with Crippen LogP contribution in [0.3, 0.4) is 0 Å². The van der Waals surface area contributed by atoms with E-state index in [1.54, 1.807) is 0 Å². The Labute approximate surface area is 154 Å². The fourth-order valence-corrected chi connectivity index (χ4v) is 4.84. The number of thioether (sulfide) groups is 1. The number of hydrogen-bond donors (Lipinski definition) is 0. The van der Waals surface area contributed by atoms with Gasteiger partial charge in [0.1, 0.15) is 0 Å². The van der Waals surface area contributed by atoms with E-state index in [1.165, 1.54) is 5.56 Å². The fraction of sp³-hybridized carbons (Fsp3) is 0.381. The first-order chi connectivity index (χ1) is 12.3. The van der Waals surface area contributed by atoms with Crippen LogP contribution >= 0.6 is 11.8 Å². The average molecular weight is 353 g/mol. The first kappa shape index (κ1) is 16.8. The Bertz CT molecular complexity index is 726. The van der Waals surface area contributed by atoms with Gasteiger partial charge < -0.3 is 4.90 Å². The predicted molar refractivity (Wildman–Crippen MR) is 103 cm³/mol. The molecule has 0 spiro atoms. The SMILES string of the molecule is O=C1c2ccccc2SCC1CN1CCN(Cc2ccccc2)CC1. The summed E-state index contributed by atoms with van der Waals surface area (Å²) in [6, 6.07) is 18.7. The van der Waals surface area contributed by atoms with Crippen LogP contribution in [0.2, 0.25) is 0 Å². The zero-order valence-corrected chi connectivity index (χ0v) is 15.3. The van der Waals surface area contributed by atoms with Crippen LogP contribution in [0.5, 0.6) is 0 Å². The van der Waals surface area contributed by atoms with Crippen molar-refractivity contribution in [3.63, 3.8) is 0 Å². The number of carbonyl (C=O) groups excluding carboxylic acids is 1. The van der Waals surface area contributed by atoms with Crippen molar-refractivity contribution >= 4 is 17.5 Å². The molecule has 1 saturated heterocycles. The van der Waals surface area contributed by atoms with Crippen molar-refractivity contribution in [3.05, 3.63) is 65.7 Å². The minimum Gasteiger partial charge on any atom is -0.300 e. The molecule has 2 heterocycles. The highest BCUT2D eigenvalue weighted by Crippen LogP contribution is 2.33. The number of Topliss-reactive ketones (excluding diaryl/α,β-unsaturated/α-hetero) is 1. The maximum atomic E-state index is 12.7. The average Bonchev–Trinajstić information content (AvgIpc) is 2.67. The predicted octanol–water partition coefficient (Wildman–Crippen LogP) is 3.41. The number of carbonyl (C=O) groups is 1. The second-order valence-corrected chi connectivity index (χ2v) is 7.99. The van der Waals surface area contributed by atoms with Crippen molar-refractivity contribution in [2.75, 3.05) is 38.5 Å². The zero-order chi connectivity index (χ0) is 17.1. The van der Waals surface area contributed by atoms with Gasteiger partial charge in [-0.15, -0.1) is 11.8 Å². The quantitative estimate of drug-likeness (QED) is 0.841. The lowest BCUT2D eigenvalue weighted by Crippen LogP contribution is -2.48. The van der Waals surface area contributed by atoms with E-state index in [9.17, 15) is 4.79 Å². The number of fused-ring (bicyclic) bond motifs is 1. The summed E-state index contributed by atoms with van der Waals surface area (Å²) in [5.41, 5.74) is 2.30. The lowest BCUT2D eigenvalue weighted by atomic mass is 9.97. The van der Waals surface area contributed by atoms with E-state index in [0.29, 0.717) is 5.78 Å². The highest BCUT2D eigenvalue weighted by atomic mass is 32.2. The summed E-state index contributed by atoms with van der Waals surface area (Å²) in [6.07, 6.45) is 0. The Morgan fingerprint density at radius 3 is 2.36 bits per heavy atom. The summed E-state index contributed by atoms with van der Waals surface area (Å²) in [5, 5.41) is 0. The maximum Gasteiger partial charge on any atom is 0.169 e. The Hall–Kier alpha value is -1.62. The van der Waals surface area contributed by atoms with Crippen LogP contribution in [0.25, 0.3) is 0 Å². The molecule has 0 amide bonds. The molecule has 0 N–H and O–H groups in total. The zero-order valence-electron chi connectivity index (χ0n) is 14.4.